The number of hydrogen-bond donors (Lipinski definition) is 2. The molecule has 0 spiro atoms. The average Bonchev–Trinajstić information content (AvgIpc) is 2.42. The highest BCUT2D eigenvalue weighted by atomic mass is 79.9. The van der Waals surface area contributed by atoms with Crippen LogP contribution in [0.4, 0.5) is 0 Å². The van der Waals surface area contributed by atoms with Gasteiger partial charge in [0.2, 0.25) is 11.8 Å². The zero-order valence-corrected chi connectivity index (χ0v) is 14.9. The Kier molecular flexibility index (Phi) is 7.82. The van der Waals surface area contributed by atoms with Crippen molar-refractivity contribution in [1.82, 2.24) is 10.6 Å². The standard InChI is InChI=1S/C15H21BrN2O2S/c1-10(2)14(18-11(3)19)15(20)17-8-9-21-13-6-4-12(16)5-7-13/h4-7,10,14H,8-9H2,1-3H3,(H,17,20)(H,18,19)/t14-/m1/s1. The number of nitrogens with one attached hydrogen (secondary N) is 2. The molecule has 1 aromatic rings. The molecular weight excluding hydrogens is 352 g/mol. The highest BCUT2D eigenvalue weighted by Gasteiger charge is 2.22. The fourth-order valence-corrected chi connectivity index (χ4v) is 2.77. The summed E-state index contributed by atoms with van der Waals surface area (Å²) in [6.07, 6.45) is 0. The van der Waals surface area contributed by atoms with Crippen LogP contribution in [0, 0.1) is 5.92 Å². The molecule has 0 radical (unpaired) electrons. The second kappa shape index (κ2) is 9.10. The molecule has 116 valence electrons. The lowest BCUT2D eigenvalue weighted by molar-refractivity contribution is -0.129. The minimum atomic E-state index is -0.472. The topological polar surface area (TPSA) is 58.2 Å². The Labute approximate surface area is 138 Å². The first-order chi connectivity index (χ1) is 9.90. The maximum absolute atomic E-state index is 12.0. The summed E-state index contributed by atoms with van der Waals surface area (Å²) in [7, 11) is 0. The molecule has 0 aliphatic carbocycles. The third-order valence-corrected chi connectivity index (χ3v) is 4.33. The molecule has 1 aromatic carbocycles. The van der Waals surface area contributed by atoms with Crippen LogP contribution in [0.3, 0.4) is 0 Å². The quantitative estimate of drug-likeness (QED) is 0.571. The van der Waals surface area contributed by atoms with Crippen LogP contribution in [0.15, 0.2) is 33.6 Å². The third-order valence-electron chi connectivity index (χ3n) is 2.79. The minimum Gasteiger partial charge on any atom is -0.353 e. The molecule has 2 N–H and O–H groups in total. The van der Waals surface area contributed by atoms with Gasteiger partial charge in [-0.15, -0.1) is 11.8 Å². The van der Waals surface area contributed by atoms with Crippen molar-refractivity contribution in [2.75, 3.05) is 12.3 Å². The van der Waals surface area contributed by atoms with Crippen LogP contribution in [0.1, 0.15) is 20.8 Å². The van der Waals surface area contributed by atoms with E-state index in [9.17, 15) is 9.59 Å². The van der Waals surface area contributed by atoms with Crippen molar-refractivity contribution in [3.63, 3.8) is 0 Å². The maximum atomic E-state index is 12.0. The predicted octanol–water partition coefficient (Wildman–Crippen LogP) is 2.82. The summed E-state index contributed by atoms with van der Waals surface area (Å²) in [6, 6.07) is 7.58. The number of benzene rings is 1. The molecule has 0 saturated carbocycles. The lowest BCUT2D eigenvalue weighted by Gasteiger charge is -2.20. The van der Waals surface area contributed by atoms with Gasteiger partial charge in [-0.2, -0.15) is 0 Å². The summed E-state index contributed by atoms with van der Waals surface area (Å²) in [6.45, 7) is 5.82. The number of rotatable bonds is 7. The van der Waals surface area contributed by atoms with E-state index in [4.69, 9.17) is 0 Å². The van der Waals surface area contributed by atoms with Crippen LogP contribution in [-0.4, -0.2) is 30.2 Å². The minimum absolute atomic E-state index is 0.0630. The number of carbonyl (C=O) groups is 2. The van der Waals surface area contributed by atoms with Crippen molar-refractivity contribution in [1.29, 1.82) is 0 Å². The van der Waals surface area contributed by atoms with E-state index in [-0.39, 0.29) is 17.7 Å². The number of amides is 2. The summed E-state index contributed by atoms with van der Waals surface area (Å²) in [5, 5.41) is 5.55. The molecule has 0 aliphatic heterocycles. The van der Waals surface area contributed by atoms with Crippen LogP contribution >= 0.6 is 27.7 Å². The Bertz CT molecular complexity index is 477. The number of hydrogen-bond acceptors (Lipinski definition) is 3. The first-order valence-electron chi connectivity index (χ1n) is 6.83. The summed E-state index contributed by atoms with van der Waals surface area (Å²) < 4.78 is 1.05. The van der Waals surface area contributed by atoms with E-state index in [2.05, 4.69) is 26.6 Å². The van der Waals surface area contributed by atoms with Gasteiger partial charge in [0, 0.05) is 28.6 Å². The average molecular weight is 373 g/mol. The van der Waals surface area contributed by atoms with Gasteiger partial charge >= 0.3 is 0 Å². The van der Waals surface area contributed by atoms with Crippen molar-refractivity contribution in [2.24, 2.45) is 5.92 Å². The molecule has 0 bridgehead atoms. The van der Waals surface area contributed by atoms with Gasteiger partial charge in [-0.25, -0.2) is 0 Å². The molecule has 0 saturated heterocycles. The summed E-state index contributed by atoms with van der Waals surface area (Å²) in [5.41, 5.74) is 0. The van der Waals surface area contributed by atoms with Crippen molar-refractivity contribution < 1.29 is 9.59 Å². The van der Waals surface area contributed by atoms with Crippen molar-refractivity contribution in [2.45, 2.75) is 31.7 Å². The van der Waals surface area contributed by atoms with Crippen molar-refractivity contribution in [3.05, 3.63) is 28.7 Å². The second-order valence-electron chi connectivity index (χ2n) is 5.02. The third kappa shape index (κ3) is 7.00. The number of carbonyl (C=O) groups excluding carboxylic acids is 2. The Hall–Kier alpha value is -1.01. The first-order valence-corrected chi connectivity index (χ1v) is 8.61. The molecule has 4 nitrogen and oxygen atoms in total. The molecule has 0 unspecified atom stereocenters. The molecule has 0 heterocycles. The van der Waals surface area contributed by atoms with Crippen LogP contribution in [0.5, 0.6) is 0 Å². The predicted molar refractivity (Wildman–Crippen MR) is 90.3 cm³/mol. The number of thioether (sulfide) groups is 1. The normalized spacial score (nSPS) is 12.0. The van der Waals surface area contributed by atoms with E-state index in [1.807, 2.05) is 38.1 Å². The van der Waals surface area contributed by atoms with Gasteiger partial charge in [-0.3, -0.25) is 9.59 Å². The Morgan fingerprint density at radius 3 is 2.38 bits per heavy atom. The zero-order chi connectivity index (χ0) is 15.8. The van der Waals surface area contributed by atoms with Crippen molar-refractivity contribution >= 4 is 39.5 Å². The lowest BCUT2D eigenvalue weighted by atomic mass is 10.0. The molecule has 0 fully saturated rings. The highest BCUT2D eigenvalue weighted by molar-refractivity contribution is 9.10. The Morgan fingerprint density at radius 1 is 1.24 bits per heavy atom. The van der Waals surface area contributed by atoms with E-state index in [0.717, 1.165) is 15.1 Å². The zero-order valence-electron chi connectivity index (χ0n) is 12.5. The largest absolute Gasteiger partial charge is 0.353 e. The van der Waals surface area contributed by atoms with Crippen LogP contribution in [0.25, 0.3) is 0 Å². The van der Waals surface area contributed by atoms with E-state index in [1.54, 1.807) is 11.8 Å². The van der Waals surface area contributed by atoms with E-state index >= 15 is 0 Å². The van der Waals surface area contributed by atoms with Crippen LogP contribution in [-0.2, 0) is 9.59 Å². The summed E-state index contributed by atoms with van der Waals surface area (Å²) in [4.78, 5) is 24.3. The molecule has 21 heavy (non-hydrogen) atoms. The van der Waals surface area contributed by atoms with E-state index < -0.39 is 6.04 Å². The van der Waals surface area contributed by atoms with Crippen molar-refractivity contribution in [3.8, 4) is 0 Å². The first kappa shape index (κ1) is 18.0. The highest BCUT2D eigenvalue weighted by Crippen LogP contribution is 2.19. The van der Waals surface area contributed by atoms with Gasteiger partial charge < -0.3 is 10.6 Å². The molecule has 1 atom stereocenters. The van der Waals surface area contributed by atoms with Gasteiger partial charge in [0.25, 0.3) is 0 Å². The van der Waals surface area contributed by atoms with Gasteiger partial charge in [-0.1, -0.05) is 29.8 Å². The fourth-order valence-electron chi connectivity index (χ4n) is 1.74. The smallest absolute Gasteiger partial charge is 0.242 e. The Balaban J connectivity index is 2.34. The molecule has 0 aliphatic rings. The van der Waals surface area contributed by atoms with Crippen LogP contribution < -0.4 is 10.6 Å². The Morgan fingerprint density at radius 2 is 1.86 bits per heavy atom. The van der Waals surface area contributed by atoms with Gasteiger partial charge in [0.15, 0.2) is 0 Å². The molecule has 2 amide bonds. The van der Waals surface area contributed by atoms with E-state index in [0.29, 0.717) is 6.54 Å². The summed E-state index contributed by atoms with van der Waals surface area (Å²) >= 11 is 5.08. The molecule has 1 rings (SSSR count). The lowest BCUT2D eigenvalue weighted by Crippen LogP contribution is -2.49. The summed E-state index contributed by atoms with van der Waals surface area (Å²) in [5.74, 6) is 0.538. The number of halogens is 1. The molecule has 0 aromatic heterocycles. The monoisotopic (exact) mass is 372 g/mol. The second-order valence-corrected chi connectivity index (χ2v) is 7.10. The van der Waals surface area contributed by atoms with E-state index in [1.165, 1.54) is 6.92 Å². The van der Waals surface area contributed by atoms with Crippen LogP contribution in [0.2, 0.25) is 0 Å². The van der Waals surface area contributed by atoms with Gasteiger partial charge in [0.1, 0.15) is 6.04 Å². The van der Waals surface area contributed by atoms with Gasteiger partial charge in [-0.05, 0) is 30.2 Å². The maximum Gasteiger partial charge on any atom is 0.242 e. The fraction of sp³-hybridized carbons (Fsp3) is 0.467. The molecule has 6 heteroatoms. The molecular formula is C15H21BrN2O2S. The SMILES string of the molecule is CC(=O)N[C@@H](C(=O)NCCSc1ccc(Br)cc1)C(C)C. The van der Waals surface area contributed by atoms with Gasteiger partial charge in [0.05, 0.1) is 0 Å².